The maximum atomic E-state index is 12.3. The molecule has 1 saturated carbocycles. The molecule has 0 unspecified atom stereocenters. The zero-order chi connectivity index (χ0) is 17.8. The Balaban J connectivity index is 1.55. The highest BCUT2D eigenvalue weighted by atomic mass is 16.2. The minimum absolute atomic E-state index is 0.0140. The zero-order valence-corrected chi connectivity index (χ0v) is 14.8. The Bertz CT molecular complexity index is 765. The molecule has 1 aliphatic carbocycles. The van der Waals surface area contributed by atoms with Crippen molar-refractivity contribution in [3.05, 3.63) is 48.0 Å². The number of hydrogen-bond acceptors (Lipinski definition) is 3. The molecule has 25 heavy (non-hydrogen) atoms. The minimum atomic E-state index is -0.0905. The lowest BCUT2D eigenvalue weighted by Crippen LogP contribution is -2.41. The molecule has 0 heterocycles. The van der Waals surface area contributed by atoms with E-state index in [1.807, 2.05) is 31.2 Å². The van der Waals surface area contributed by atoms with Crippen molar-refractivity contribution in [2.75, 3.05) is 20.1 Å². The third-order valence-electron chi connectivity index (χ3n) is 4.44. The first kappa shape index (κ1) is 17.4. The maximum Gasteiger partial charge on any atom is 0.234 e. The summed E-state index contributed by atoms with van der Waals surface area (Å²) in [5, 5.41) is 8.28. The molecule has 2 N–H and O–H groups in total. The number of amides is 2. The van der Waals surface area contributed by atoms with Gasteiger partial charge in [0.25, 0.3) is 0 Å². The lowest BCUT2D eigenvalue weighted by molar-refractivity contribution is -0.125. The molecular weight excluding hydrogens is 314 g/mol. The number of hydrogen-bond donors (Lipinski definition) is 2. The number of likely N-dealkylation sites (N-methyl/N-ethyl adjacent to an activating group) is 1. The normalized spacial score (nSPS) is 15.2. The molecular formula is C20H25N3O2. The van der Waals surface area contributed by atoms with Crippen LogP contribution in [0.3, 0.4) is 0 Å². The first-order valence-electron chi connectivity index (χ1n) is 8.78. The minimum Gasteiger partial charge on any atom is -0.352 e. The van der Waals surface area contributed by atoms with Crippen molar-refractivity contribution in [1.82, 2.24) is 15.5 Å². The van der Waals surface area contributed by atoms with Crippen LogP contribution >= 0.6 is 0 Å². The predicted octanol–water partition coefficient (Wildman–Crippen LogP) is 2.23. The highest BCUT2D eigenvalue weighted by molar-refractivity contribution is 5.87. The van der Waals surface area contributed by atoms with Gasteiger partial charge in [0.05, 0.1) is 19.1 Å². The van der Waals surface area contributed by atoms with Crippen molar-refractivity contribution >= 4 is 22.6 Å². The zero-order valence-electron chi connectivity index (χ0n) is 14.8. The Morgan fingerprint density at radius 1 is 1.08 bits per heavy atom. The molecule has 0 spiro atoms. The summed E-state index contributed by atoms with van der Waals surface area (Å²) in [5.41, 5.74) is 1.10. The molecule has 2 aromatic carbocycles. The predicted molar refractivity (Wildman–Crippen MR) is 99.2 cm³/mol. The molecule has 1 fully saturated rings. The van der Waals surface area contributed by atoms with Crippen LogP contribution in [0.1, 0.15) is 31.4 Å². The van der Waals surface area contributed by atoms with E-state index in [0.29, 0.717) is 6.04 Å². The fourth-order valence-electron chi connectivity index (χ4n) is 3.04. The van der Waals surface area contributed by atoms with E-state index >= 15 is 0 Å². The van der Waals surface area contributed by atoms with Crippen molar-refractivity contribution in [1.29, 1.82) is 0 Å². The lowest BCUT2D eigenvalue weighted by atomic mass is 10.00. The Morgan fingerprint density at radius 2 is 1.76 bits per heavy atom. The summed E-state index contributed by atoms with van der Waals surface area (Å²) in [5.74, 6) is -0.0953. The first-order valence-corrected chi connectivity index (χ1v) is 8.78. The summed E-state index contributed by atoms with van der Waals surface area (Å²) in [6.45, 7) is 2.43. The summed E-state index contributed by atoms with van der Waals surface area (Å²) in [7, 11) is 1.79. The van der Waals surface area contributed by atoms with E-state index in [2.05, 4.69) is 28.8 Å². The number of fused-ring (bicyclic) bond motifs is 1. The van der Waals surface area contributed by atoms with E-state index in [1.165, 1.54) is 0 Å². The molecule has 2 aromatic rings. The molecule has 0 radical (unpaired) electrons. The van der Waals surface area contributed by atoms with Crippen molar-refractivity contribution in [2.24, 2.45) is 0 Å². The van der Waals surface area contributed by atoms with Gasteiger partial charge in [-0.3, -0.25) is 14.5 Å². The van der Waals surface area contributed by atoms with E-state index in [1.54, 1.807) is 11.9 Å². The van der Waals surface area contributed by atoms with Gasteiger partial charge >= 0.3 is 0 Å². The van der Waals surface area contributed by atoms with Crippen LogP contribution in [0.4, 0.5) is 0 Å². The smallest absolute Gasteiger partial charge is 0.234 e. The maximum absolute atomic E-state index is 12.3. The highest BCUT2D eigenvalue weighted by Crippen LogP contribution is 2.24. The standard InChI is InChI=1S/C20H25N3O2/c1-14(17-9-5-7-15-6-3-4-8-18(15)17)21-19(24)12-23(2)13-20(25)22-16-10-11-16/h3-9,14,16H,10-13H2,1-2H3,(H,21,24)(H,22,25)/t14-/m0/s1. The van der Waals surface area contributed by atoms with Gasteiger partial charge in [-0.1, -0.05) is 42.5 Å². The monoisotopic (exact) mass is 339 g/mol. The van der Waals surface area contributed by atoms with Crippen LogP contribution in [0.15, 0.2) is 42.5 Å². The van der Waals surface area contributed by atoms with Gasteiger partial charge in [0, 0.05) is 6.04 Å². The van der Waals surface area contributed by atoms with Crippen LogP contribution in [0.25, 0.3) is 10.8 Å². The van der Waals surface area contributed by atoms with Crippen molar-refractivity contribution < 1.29 is 9.59 Å². The topological polar surface area (TPSA) is 61.4 Å². The van der Waals surface area contributed by atoms with Gasteiger partial charge in [-0.05, 0) is 43.1 Å². The molecule has 1 atom stereocenters. The van der Waals surface area contributed by atoms with Gasteiger partial charge in [-0.2, -0.15) is 0 Å². The second-order valence-electron chi connectivity index (χ2n) is 6.87. The second-order valence-corrected chi connectivity index (χ2v) is 6.87. The molecule has 0 aliphatic heterocycles. The van der Waals surface area contributed by atoms with Crippen LogP contribution < -0.4 is 10.6 Å². The average molecular weight is 339 g/mol. The number of carbonyl (C=O) groups excluding carboxylic acids is 2. The number of nitrogens with one attached hydrogen (secondary N) is 2. The van der Waals surface area contributed by atoms with Gasteiger partial charge in [0.2, 0.25) is 11.8 Å². The van der Waals surface area contributed by atoms with Crippen LogP contribution in [0.2, 0.25) is 0 Å². The van der Waals surface area contributed by atoms with Crippen LogP contribution in [-0.2, 0) is 9.59 Å². The Morgan fingerprint density at radius 3 is 2.52 bits per heavy atom. The molecule has 1 aliphatic rings. The Labute approximate surface area is 148 Å². The van der Waals surface area contributed by atoms with Crippen LogP contribution in [0.5, 0.6) is 0 Å². The number of nitrogens with zero attached hydrogens (tertiary/aromatic N) is 1. The van der Waals surface area contributed by atoms with E-state index < -0.39 is 0 Å². The van der Waals surface area contributed by atoms with E-state index in [4.69, 9.17) is 0 Å². The Hall–Kier alpha value is -2.40. The fraction of sp³-hybridized carbons (Fsp3) is 0.400. The summed E-state index contributed by atoms with van der Waals surface area (Å²) in [4.78, 5) is 25.8. The number of benzene rings is 2. The molecule has 0 saturated heterocycles. The van der Waals surface area contributed by atoms with Gasteiger partial charge in [0.1, 0.15) is 0 Å². The first-order chi connectivity index (χ1) is 12.0. The molecule has 0 bridgehead atoms. The molecule has 5 nitrogen and oxygen atoms in total. The molecule has 2 amide bonds. The van der Waals surface area contributed by atoms with Gasteiger partial charge in [-0.25, -0.2) is 0 Å². The van der Waals surface area contributed by atoms with E-state index in [9.17, 15) is 9.59 Å². The molecule has 3 rings (SSSR count). The molecule has 132 valence electrons. The number of carbonyl (C=O) groups is 2. The van der Waals surface area contributed by atoms with E-state index in [0.717, 1.165) is 29.2 Å². The second kappa shape index (κ2) is 7.66. The largest absolute Gasteiger partial charge is 0.352 e. The molecule has 5 heteroatoms. The lowest BCUT2D eigenvalue weighted by Gasteiger charge is -2.20. The van der Waals surface area contributed by atoms with Gasteiger partial charge in [0.15, 0.2) is 0 Å². The quantitative estimate of drug-likeness (QED) is 0.813. The SMILES string of the molecule is C[C@H](NC(=O)CN(C)CC(=O)NC1CC1)c1cccc2ccccc12. The summed E-state index contributed by atoms with van der Waals surface area (Å²) in [6.07, 6.45) is 2.14. The van der Waals surface area contributed by atoms with Gasteiger partial charge in [-0.15, -0.1) is 0 Å². The van der Waals surface area contributed by atoms with Crippen molar-refractivity contribution in [3.8, 4) is 0 Å². The van der Waals surface area contributed by atoms with E-state index in [-0.39, 0.29) is 30.9 Å². The van der Waals surface area contributed by atoms with Crippen LogP contribution in [-0.4, -0.2) is 42.9 Å². The molecule has 0 aromatic heterocycles. The summed E-state index contributed by atoms with van der Waals surface area (Å²) >= 11 is 0. The third-order valence-corrected chi connectivity index (χ3v) is 4.44. The average Bonchev–Trinajstić information content (AvgIpc) is 3.37. The Kier molecular flexibility index (Phi) is 5.34. The summed E-state index contributed by atoms with van der Waals surface area (Å²) in [6, 6.07) is 14.5. The third kappa shape index (κ3) is 4.79. The van der Waals surface area contributed by atoms with Crippen LogP contribution in [0, 0.1) is 0 Å². The summed E-state index contributed by atoms with van der Waals surface area (Å²) < 4.78 is 0. The number of rotatable bonds is 7. The van der Waals surface area contributed by atoms with Crippen molar-refractivity contribution in [3.63, 3.8) is 0 Å². The highest BCUT2D eigenvalue weighted by Gasteiger charge is 2.24. The van der Waals surface area contributed by atoms with Gasteiger partial charge < -0.3 is 10.6 Å². The fourth-order valence-corrected chi connectivity index (χ4v) is 3.04. The van der Waals surface area contributed by atoms with Crippen molar-refractivity contribution in [2.45, 2.75) is 31.8 Å².